The van der Waals surface area contributed by atoms with E-state index in [9.17, 15) is 4.39 Å². The Bertz CT molecular complexity index is 860. The first-order chi connectivity index (χ1) is 11.5. The van der Waals surface area contributed by atoms with E-state index in [4.69, 9.17) is 0 Å². The van der Waals surface area contributed by atoms with Crippen LogP contribution in [0.5, 0.6) is 0 Å². The third-order valence-corrected chi connectivity index (χ3v) is 5.02. The van der Waals surface area contributed by atoms with Gasteiger partial charge in [0.25, 0.3) is 0 Å². The molecule has 0 spiro atoms. The van der Waals surface area contributed by atoms with Crippen LogP contribution in [0.4, 0.5) is 4.39 Å². The molecule has 0 unspecified atom stereocenters. The average Bonchev–Trinajstić information content (AvgIpc) is 2.57. The number of halogens is 1. The van der Waals surface area contributed by atoms with Crippen molar-refractivity contribution >= 4 is 11.8 Å². The first kappa shape index (κ1) is 16.7. The van der Waals surface area contributed by atoms with Crippen LogP contribution in [0.3, 0.4) is 0 Å². The molecule has 1 heterocycles. The smallest absolute Gasteiger partial charge is 0.123 e. The van der Waals surface area contributed by atoms with Crippen molar-refractivity contribution in [3.05, 3.63) is 76.6 Å². The summed E-state index contributed by atoms with van der Waals surface area (Å²) in [6.07, 6.45) is 0. The van der Waals surface area contributed by atoms with Crippen molar-refractivity contribution in [2.45, 2.75) is 31.6 Å². The molecule has 1 aromatic heterocycles. The van der Waals surface area contributed by atoms with Gasteiger partial charge in [-0.15, -0.1) is 10.2 Å². The number of hydrogen-bond donors (Lipinski definition) is 0. The van der Waals surface area contributed by atoms with Crippen LogP contribution >= 0.6 is 11.8 Å². The highest BCUT2D eigenvalue weighted by molar-refractivity contribution is 7.98. The number of thioether (sulfide) groups is 1. The van der Waals surface area contributed by atoms with Crippen molar-refractivity contribution in [3.63, 3.8) is 0 Å². The lowest BCUT2D eigenvalue weighted by Gasteiger charge is -2.09. The van der Waals surface area contributed by atoms with Crippen LogP contribution in [-0.4, -0.2) is 10.2 Å². The predicted molar refractivity (Wildman–Crippen MR) is 97.6 cm³/mol. The van der Waals surface area contributed by atoms with Crippen molar-refractivity contribution in [1.29, 1.82) is 0 Å². The Balaban J connectivity index is 1.75. The summed E-state index contributed by atoms with van der Waals surface area (Å²) in [6.45, 7) is 6.31. The minimum atomic E-state index is -0.209. The number of hydrogen-bond acceptors (Lipinski definition) is 3. The van der Waals surface area contributed by atoms with Gasteiger partial charge in [0.2, 0.25) is 0 Å². The summed E-state index contributed by atoms with van der Waals surface area (Å²) < 4.78 is 13.2. The molecule has 0 aliphatic carbocycles. The topological polar surface area (TPSA) is 25.8 Å². The molecule has 2 aromatic carbocycles. The van der Waals surface area contributed by atoms with Crippen LogP contribution in [0.1, 0.15) is 22.3 Å². The number of aryl methyl sites for hydroxylation is 3. The molecule has 3 rings (SSSR count). The van der Waals surface area contributed by atoms with Crippen LogP contribution in [-0.2, 0) is 5.75 Å². The molecule has 24 heavy (non-hydrogen) atoms. The molecule has 3 aromatic rings. The Labute approximate surface area is 146 Å². The molecule has 0 saturated heterocycles. The van der Waals surface area contributed by atoms with Gasteiger partial charge in [0.15, 0.2) is 0 Å². The summed E-state index contributed by atoms with van der Waals surface area (Å²) in [6, 6.07) is 15.0. The van der Waals surface area contributed by atoms with E-state index >= 15 is 0 Å². The Kier molecular flexibility index (Phi) is 4.95. The standard InChI is InChI=1S/C20H19FN2S/c1-13-9-15(3)18(10-14(13)2)19-7-8-20(23-22-19)24-12-16-5-4-6-17(21)11-16/h4-11H,12H2,1-3H3. The Morgan fingerprint density at radius 3 is 2.38 bits per heavy atom. The molecule has 0 radical (unpaired) electrons. The van der Waals surface area contributed by atoms with Gasteiger partial charge in [0.1, 0.15) is 10.8 Å². The fourth-order valence-corrected chi connectivity index (χ4v) is 3.32. The molecule has 0 saturated carbocycles. The summed E-state index contributed by atoms with van der Waals surface area (Å²) in [5.74, 6) is 0.466. The summed E-state index contributed by atoms with van der Waals surface area (Å²) in [5.41, 5.74) is 6.68. The molecule has 0 bridgehead atoms. The highest BCUT2D eigenvalue weighted by atomic mass is 32.2. The van der Waals surface area contributed by atoms with E-state index in [1.165, 1.54) is 22.8 Å². The average molecular weight is 338 g/mol. The molecule has 0 N–H and O–H groups in total. The summed E-state index contributed by atoms with van der Waals surface area (Å²) in [7, 11) is 0. The monoisotopic (exact) mass is 338 g/mol. The summed E-state index contributed by atoms with van der Waals surface area (Å²) in [4.78, 5) is 0. The van der Waals surface area contributed by atoms with E-state index in [1.54, 1.807) is 23.9 Å². The maximum absolute atomic E-state index is 13.2. The first-order valence-corrected chi connectivity index (χ1v) is 8.80. The van der Waals surface area contributed by atoms with E-state index in [2.05, 4.69) is 43.1 Å². The van der Waals surface area contributed by atoms with Crippen molar-refractivity contribution in [3.8, 4) is 11.3 Å². The van der Waals surface area contributed by atoms with Crippen LogP contribution < -0.4 is 0 Å². The lowest BCUT2D eigenvalue weighted by molar-refractivity contribution is 0.626. The van der Waals surface area contributed by atoms with Gasteiger partial charge in [0, 0.05) is 11.3 Å². The highest BCUT2D eigenvalue weighted by Crippen LogP contribution is 2.26. The van der Waals surface area contributed by atoms with Crippen LogP contribution in [0.2, 0.25) is 0 Å². The SMILES string of the molecule is Cc1cc(C)c(-c2ccc(SCc3cccc(F)c3)nn2)cc1C. The van der Waals surface area contributed by atoms with Gasteiger partial charge in [-0.2, -0.15) is 0 Å². The van der Waals surface area contributed by atoms with Crippen molar-refractivity contribution in [1.82, 2.24) is 10.2 Å². The quantitative estimate of drug-likeness (QED) is 0.587. The second kappa shape index (κ2) is 7.14. The molecular formula is C20H19FN2S. The Hall–Kier alpha value is -2.20. The van der Waals surface area contributed by atoms with Crippen molar-refractivity contribution < 1.29 is 4.39 Å². The highest BCUT2D eigenvalue weighted by Gasteiger charge is 2.07. The number of benzene rings is 2. The van der Waals surface area contributed by atoms with Gasteiger partial charge < -0.3 is 0 Å². The van der Waals surface area contributed by atoms with Crippen LogP contribution in [0.15, 0.2) is 53.6 Å². The maximum atomic E-state index is 13.2. The lowest BCUT2D eigenvalue weighted by atomic mass is 9.99. The molecule has 0 aliphatic rings. The zero-order valence-electron chi connectivity index (χ0n) is 14.0. The van der Waals surface area contributed by atoms with Gasteiger partial charge in [-0.3, -0.25) is 0 Å². The van der Waals surface area contributed by atoms with E-state index < -0.39 is 0 Å². The van der Waals surface area contributed by atoms with Gasteiger partial charge in [-0.25, -0.2) is 4.39 Å². The van der Waals surface area contributed by atoms with E-state index in [0.29, 0.717) is 5.75 Å². The first-order valence-electron chi connectivity index (χ1n) is 7.82. The molecule has 0 atom stereocenters. The lowest BCUT2D eigenvalue weighted by Crippen LogP contribution is -1.94. The number of rotatable bonds is 4. The third kappa shape index (κ3) is 3.82. The predicted octanol–water partition coefficient (Wildman–Crippen LogP) is 5.50. The van der Waals surface area contributed by atoms with Crippen molar-refractivity contribution in [2.24, 2.45) is 0 Å². The fourth-order valence-electron chi connectivity index (χ4n) is 2.56. The molecule has 0 fully saturated rings. The maximum Gasteiger partial charge on any atom is 0.123 e. The number of nitrogens with zero attached hydrogens (tertiary/aromatic N) is 2. The zero-order valence-corrected chi connectivity index (χ0v) is 14.8. The van der Waals surface area contributed by atoms with Gasteiger partial charge >= 0.3 is 0 Å². The van der Waals surface area contributed by atoms with Crippen molar-refractivity contribution in [2.75, 3.05) is 0 Å². The molecule has 2 nitrogen and oxygen atoms in total. The van der Waals surface area contributed by atoms with Gasteiger partial charge in [-0.1, -0.05) is 30.0 Å². The molecular weight excluding hydrogens is 319 g/mol. The minimum absolute atomic E-state index is 0.209. The second-order valence-electron chi connectivity index (χ2n) is 5.93. The van der Waals surface area contributed by atoms with Gasteiger partial charge in [0.05, 0.1) is 5.69 Å². The minimum Gasteiger partial charge on any atom is -0.207 e. The molecule has 4 heteroatoms. The zero-order chi connectivity index (χ0) is 17.1. The second-order valence-corrected chi connectivity index (χ2v) is 6.92. The Morgan fingerprint density at radius 2 is 1.67 bits per heavy atom. The third-order valence-electron chi connectivity index (χ3n) is 4.03. The number of aromatic nitrogens is 2. The summed E-state index contributed by atoms with van der Waals surface area (Å²) >= 11 is 1.56. The van der Waals surface area contributed by atoms with E-state index in [-0.39, 0.29) is 5.82 Å². The molecule has 122 valence electrons. The van der Waals surface area contributed by atoms with E-state index in [0.717, 1.165) is 21.8 Å². The van der Waals surface area contributed by atoms with E-state index in [1.807, 2.05) is 18.2 Å². The fraction of sp³-hybridized carbons (Fsp3) is 0.200. The largest absolute Gasteiger partial charge is 0.207 e. The molecule has 0 amide bonds. The summed E-state index contributed by atoms with van der Waals surface area (Å²) in [5, 5.41) is 9.51. The normalized spacial score (nSPS) is 10.8. The molecule has 0 aliphatic heterocycles. The van der Waals surface area contributed by atoms with Crippen LogP contribution in [0, 0.1) is 26.6 Å². The van der Waals surface area contributed by atoms with Gasteiger partial charge in [-0.05, 0) is 73.4 Å². The van der Waals surface area contributed by atoms with Crippen LogP contribution in [0.25, 0.3) is 11.3 Å². The Morgan fingerprint density at radius 1 is 0.875 bits per heavy atom.